The van der Waals surface area contributed by atoms with Gasteiger partial charge in [0.2, 0.25) is 9.84 Å². The Balaban J connectivity index is 1.46. The first-order valence-corrected chi connectivity index (χ1v) is 11.1. The molecule has 0 saturated heterocycles. The Bertz CT molecular complexity index is 1360. The molecule has 0 saturated carbocycles. The monoisotopic (exact) mass is 435 g/mol. The fourth-order valence-corrected chi connectivity index (χ4v) is 4.63. The summed E-state index contributed by atoms with van der Waals surface area (Å²) >= 11 is 0. The Hall–Kier alpha value is -3.65. The van der Waals surface area contributed by atoms with E-state index >= 15 is 0 Å². The number of aromatic nitrogens is 2. The smallest absolute Gasteiger partial charge is 0.253 e. The normalized spacial score (nSPS) is 11.4. The topological polar surface area (TPSA) is 89.8 Å². The summed E-state index contributed by atoms with van der Waals surface area (Å²) < 4.78 is 32.8. The summed E-state index contributed by atoms with van der Waals surface area (Å²) in [5, 5.41) is 2.85. The van der Waals surface area contributed by atoms with Crippen LogP contribution in [-0.2, 0) is 16.4 Å². The van der Waals surface area contributed by atoms with Crippen molar-refractivity contribution in [2.24, 2.45) is 0 Å². The van der Waals surface area contributed by atoms with Crippen molar-refractivity contribution < 1.29 is 17.9 Å². The highest BCUT2D eigenvalue weighted by Crippen LogP contribution is 2.26. The lowest BCUT2D eigenvalue weighted by Gasteiger charge is -2.10. The number of nitrogens with zero attached hydrogens (tertiary/aromatic N) is 2. The van der Waals surface area contributed by atoms with Gasteiger partial charge in [0.1, 0.15) is 11.4 Å². The standard InChI is InChI=1S/C23H21N3O4S/c1-16-13-20(8-9-21(16)30-2)31(28,29)19-6-3-17(4-7-19)14-25-23(27)18-5-10-22-24-11-12-26(22)15-18/h3-13,15H,14H2,1-2H3,(H,25,27). The predicted molar refractivity (Wildman–Crippen MR) is 116 cm³/mol. The summed E-state index contributed by atoms with van der Waals surface area (Å²) in [5.41, 5.74) is 2.82. The molecule has 2 aromatic carbocycles. The lowest BCUT2D eigenvalue weighted by atomic mass is 10.2. The van der Waals surface area contributed by atoms with E-state index in [0.717, 1.165) is 16.8 Å². The fourth-order valence-electron chi connectivity index (χ4n) is 3.28. The molecular formula is C23H21N3O4S. The van der Waals surface area contributed by atoms with Crippen LogP contribution in [0.15, 0.2) is 83.0 Å². The van der Waals surface area contributed by atoms with Gasteiger partial charge in [0, 0.05) is 25.1 Å². The Kier molecular flexibility index (Phi) is 5.48. The zero-order chi connectivity index (χ0) is 22.0. The molecule has 0 atom stereocenters. The molecule has 4 rings (SSSR count). The van der Waals surface area contributed by atoms with Crippen LogP contribution in [0.1, 0.15) is 21.5 Å². The fraction of sp³-hybridized carbons (Fsp3) is 0.130. The van der Waals surface area contributed by atoms with Gasteiger partial charge in [-0.15, -0.1) is 0 Å². The summed E-state index contributed by atoms with van der Waals surface area (Å²) in [6.45, 7) is 2.08. The van der Waals surface area contributed by atoms with E-state index in [1.54, 1.807) is 85.6 Å². The Morgan fingerprint density at radius 3 is 2.52 bits per heavy atom. The van der Waals surface area contributed by atoms with E-state index in [0.29, 0.717) is 11.3 Å². The van der Waals surface area contributed by atoms with Gasteiger partial charge in [-0.1, -0.05) is 12.1 Å². The number of hydrogen-bond acceptors (Lipinski definition) is 5. The van der Waals surface area contributed by atoms with Gasteiger partial charge in [0.05, 0.1) is 22.5 Å². The average molecular weight is 436 g/mol. The number of benzene rings is 2. The number of ether oxygens (including phenoxy) is 1. The Morgan fingerprint density at radius 1 is 1.06 bits per heavy atom. The van der Waals surface area contributed by atoms with Gasteiger partial charge < -0.3 is 14.5 Å². The SMILES string of the molecule is COc1ccc(S(=O)(=O)c2ccc(CNC(=O)c3ccc4nccn4c3)cc2)cc1C. The zero-order valence-corrected chi connectivity index (χ0v) is 17.9. The highest BCUT2D eigenvalue weighted by molar-refractivity contribution is 7.91. The number of amides is 1. The first kappa shape index (κ1) is 20.6. The van der Waals surface area contributed by atoms with Crippen molar-refractivity contribution in [2.45, 2.75) is 23.3 Å². The summed E-state index contributed by atoms with van der Waals surface area (Å²) in [6, 6.07) is 14.8. The van der Waals surface area contributed by atoms with Crippen LogP contribution in [-0.4, -0.2) is 30.8 Å². The second kappa shape index (κ2) is 8.23. The molecule has 0 aliphatic rings. The molecule has 7 nitrogen and oxygen atoms in total. The first-order chi connectivity index (χ1) is 14.9. The molecular weight excluding hydrogens is 414 g/mol. The van der Waals surface area contributed by atoms with Crippen LogP contribution in [0.3, 0.4) is 0 Å². The molecule has 31 heavy (non-hydrogen) atoms. The van der Waals surface area contributed by atoms with E-state index in [-0.39, 0.29) is 22.2 Å². The molecule has 0 spiro atoms. The van der Waals surface area contributed by atoms with E-state index < -0.39 is 9.84 Å². The van der Waals surface area contributed by atoms with Crippen LogP contribution in [0.5, 0.6) is 5.75 Å². The van der Waals surface area contributed by atoms with Crippen molar-refractivity contribution in [3.63, 3.8) is 0 Å². The second-order valence-electron chi connectivity index (χ2n) is 7.07. The van der Waals surface area contributed by atoms with E-state index in [1.807, 2.05) is 0 Å². The maximum Gasteiger partial charge on any atom is 0.253 e. The van der Waals surface area contributed by atoms with Crippen molar-refractivity contribution in [1.82, 2.24) is 14.7 Å². The van der Waals surface area contributed by atoms with Crippen LogP contribution >= 0.6 is 0 Å². The van der Waals surface area contributed by atoms with Gasteiger partial charge in [0.15, 0.2) is 0 Å². The van der Waals surface area contributed by atoms with E-state index in [4.69, 9.17) is 4.74 Å². The van der Waals surface area contributed by atoms with Crippen molar-refractivity contribution in [2.75, 3.05) is 7.11 Å². The minimum atomic E-state index is -3.64. The quantitative estimate of drug-likeness (QED) is 0.501. The van der Waals surface area contributed by atoms with Crippen molar-refractivity contribution in [1.29, 1.82) is 0 Å². The van der Waals surface area contributed by atoms with Crippen molar-refractivity contribution >= 4 is 21.4 Å². The molecule has 0 unspecified atom stereocenters. The molecule has 1 amide bonds. The summed E-state index contributed by atoms with van der Waals surface area (Å²) in [7, 11) is -2.10. The largest absolute Gasteiger partial charge is 0.496 e. The highest BCUT2D eigenvalue weighted by Gasteiger charge is 2.18. The number of fused-ring (bicyclic) bond motifs is 1. The molecule has 2 aromatic heterocycles. The van der Waals surface area contributed by atoms with Crippen molar-refractivity contribution in [3.05, 3.63) is 89.9 Å². The zero-order valence-electron chi connectivity index (χ0n) is 17.1. The van der Waals surface area contributed by atoms with Crippen LogP contribution in [0, 0.1) is 6.92 Å². The van der Waals surface area contributed by atoms with E-state index in [9.17, 15) is 13.2 Å². The number of nitrogens with one attached hydrogen (secondary N) is 1. The summed E-state index contributed by atoms with van der Waals surface area (Å²) in [6.07, 6.45) is 5.15. The number of imidazole rings is 1. The third-order valence-electron chi connectivity index (χ3n) is 5.01. The summed E-state index contributed by atoms with van der Waals surface area (Å²) in [4.78, 5) is 17.0. The molecule has 158 valence electrons. The van der Waals surface area contributed by atoms with E-state index in [1.165, 1.54) is 6.07 Å². The minimum absolute atomic E-state index is 0.192. The molecule has 0 aliphatic heterocycles. The molecule has 0 aliphatic carbocycles. The van der Waals surface area contributed by atoms with Crippen LogP contribution in [0.25, 0.3) is 5.65 Å². The molecule has 0 radical (unpaired) electrons. The number of pyridine rings is 1. The van der Waals surface area contributed by atoms with Crippen LogP contribution in [0.4, 0.5) is 0 Å². The van der Waals surface area contributed by atoms with Crippen molar-refractivity contribution in [3.8, 4) is 5.75 Å². The van der Waals surface area contributed by atoms with Gasteiger partial charge in [-0.05, 0) is 60.5 Å². The third-order valence-corrected chi connectivity index (χ3v) is 6.78. The van der Waals surface area contributed by atoms with Crippen LogP contribution < -0.4 is 10.1 Å². The first-order valence-electron chi connectivity index (χ1n) is 9.58. The number of carbonyl (C=O) groups excluding carboxylic acids is 1. The van der Waals surface area contributed by atoms with Gasteiger partial charge in [0.25, 0.3) is 5.91 Å². The second-order valence-corrected chi connectivity index (χ2v) is 9.02. The Labute approximate surface area is 180 Å². The minimum Gasteiger partial charge on any atom is -0.496 e. The van der Waals surface area contributed by atoms with Gasteiger partial charge in [-0.3, -0.25) is 4.79 Å². The third kappa shape index (κ3) is 4.15. The maximum absolute atomic E-state index is 12.9. The lowest BCUT2D eigenvalue weighted by Crippen LogP contribution is -2.23. The number of aryl methyl sites for hydroxylation is 1. The maximum atomic E-state index is 12.9. The van der Waals surface area contributed by atoms with Gasteiger partial charge >= 0.3 is 0 Å². The number of carbonyl (C=O) groups is 1. The lowest BCUT2D eigenvalue weighted by molar-refractivity contribution is 0.0950. The van der Waals surface area contributed by atoms with Gasteiger partial charge in [-0.25, -0.2) is 13.4 Å². The number of hydrogen-bond donors (Lipinski definition) is 1. The molecule has 2 heterocycles. The molecule has 1 N–H and O–H groups in total. The Morgan fingerprint density at radius 2 is 1.81 bits per heavy atom. The highest BCUT2D eigenvalue weighted by atomic mass is 32.2. The van der Waals surface area contributed by atoms with Crippen LogP contribution in [0.2, 0.25) is 0 Å². The number of methoxy groups -OCH3 is 1. The van der Waals surface area contributed by atoms with E-state index in [2.05, 4.69) is 10.3 Å². The summed E-state index contributed by atoms with van der Waals surface area (Å²) in [5.74, 6) is 0.415. The van der Waals surface area contributed by atoms with Gasteiger partial charge in [-0.2, -0.15) is 0 Å². The number of rotatable bonds is 6. The predicted octanol–water partition coefficient (Wildman–Crippen LogP) is 3.41. The molecule has 4 aromatic rings. The number of sulfone groups is 1. The molecule has 0 fully saturated rings. The molecule has 0 bridgehead atoms. The molecule has 8 heteroatoms. The average Bonchev–Trinajstić information content (AvgIpc) is 3.25.